The maximum atomic E-state index is 11.6. The van der Waals surface area contributed by atoms with E-state index in [1.54, 1.807) is 0 Å². The minimum Gasteiger partial charge on any atom is -0.480 e. The molecule has 0 aromatic rings. The Labute approximate surface area is 107 Å². The van der Waals surface area contributed by atoms with Gasteiger partial charge in [0.05, 0.1) is 13.2 Å². The Balaban J connectivity index is 2.27. The normalized spacial score (nSPS) is 18.1. The predicted molar refractivity (Wildman–Crippen MR) is 65.5 cm³/mol. The van der Waals surface area contributed by atoms with Crippen LogP contribution in [0.25, 0.3) is 0 Å². The fraction of sp³-hybridized carbons (Fsp3) is 0.818. The predicted octanol–water partition coefficient (Wildman–Crippen LogP) is -0.567. The zero-order valence-corrected chi connectivity index (χ0v) is 10.9. The van der Waals surface area contributed by atoms with E-state index < -0.39 is 5.97 Å². The average molecular weight is 259 g/mol. The number of hydrogen-bond acceptors (Lipinski definition) is 4. The van der Waals surface area contributed by atoms with Crippen molar-refractivity contribution >= 4 is 12.0 Å². The lowest BCUT2D eigenvalue weighted by Gasteiger charge is -2.30. The highest BCUT2D eigenvalue weighted by molar-refractivity contribution is 5.79. The van der Waals surface area contributed by atoms with Gasteiger partial charge in [0.25, 0.3) is 0 Å². The van der Waals surface area contributed by atoms with Crippen LogP contribution in [0.15, 0.2) is 0 Å². The van der Waals surface area contributed by atoms with E-state index in [1.807, 2.05) is 6.92 Å². The molecule has 0 bridgehead atoms. The molecule has 0 aromatic heterocycles. The molecule has 7 heteroatoms. The lowest BCUT2D eigenvalue weighted by molar-refractivity contribution is -0.137. The molecule has 1 aliphatic heterocycles. The number of carbonyl (C=O) groups excluding carboxylic acids is 1. The molecule has 1 heterocycles. The summed E-state index contributed by atoms with van der Waals surface area (Å²) in [7, 11) is 1.46. The van der Waals surface area contributed by atoms with E-state index in [0.29, 0.717) is 0 Å². The molecular weight excluding hydrogens is 238 g/mol. The van der Waals surface area contributed by atoms with Crippen molar-refractivity contribution in [3.8, 4) is 0 Å². The molecule has 0 saturated carbocycles. The quantitative estimate of drug-likeness (QED) is 0.691. The number of carbonyl (C=O) groups is 2. The van der Waals surface area contributed by atoms with Gasteiger partial charge in [-0.1, -0.05) is 0 Å². The molecule has 2 amide bonds. The third-order valence-electron chi connectivity index (χ3n) is 2.72. The Kier molecular flexibility index (Phi) is 5.87. The lowest BCUT2D eigenvalue weighted by atomic mass is 10.3. The van der Waals surface area contributed by atoms with Crippen molar-refractivity contribution in [1.82, 2.24) is 15.1 Å². The van der Waals surface area contributed by atoms with Crippen molar-refractivity contribution in [2.45, 2.75) is 13.0 Å². The number of nitrogens with one attached hydrogen (secondary N) is 1. The summed E-state index contributed by atoms with van der Waals surface area (Å²) in [6.45, 7) is 5.53. The van der Waals surface area contributed by atoms with Crippen molar-refractivity contribution in [3.05, 3.63) is 0 Å². The van der Waals surface area contributed by atoms with E-state index in [0.717, 1.165) is 37.7 Å². The summed E-state index contributed by atoms with van der Waals surface area (Å²) < 4.78 is 5.24. The number of hydrogen-bond donors (Lipinski definition) is 2. The van der Waals surface area contributed by atoms with E-state index in [-0.39, 0.29) is 18.6 Å². The first-order valence-electron chi connectivity index (χ1n) is 6.02. The van der Waals surface area contributed by atoms with Crippen LogP contribution in [0.3, 0.4) is 0 Å². The number of aliphatic carboxylic acids is 1. The Morgan fingerprint density at radius 1 is 1.44 bits per heavy atom. The van der Waals surface area contributed by atoms with Gasteiger partial charge >= 0.3 is 12.0 Å². The van der Waals surface area contributed by atoms with Crippen molar-refractivity contribution in [2.24, 2.45) is 0 Å². The SMILES string of the molecule is CC(CN1CCOCC1)NC(=O)N(C)CC(=O)O. The smallest absolute Gasteiger partial charge is 0.323 e. The molecule has 18 heavy (non-hydrogen) atoms. The minimum absolute atomic E-state index is 0.0214. The van der Waals surface area contributed by atoms with Crippen LogP contribution in [0.1, 0.15) is 6.92 Å². The summed E-state index contributed by atoms with van der Waals surface area (Å²) in [6, 6.07) is -0.384. The number of likely N-dealkylation sites (N-methyl/N-ethyl adjacent to an activating group) is 1. The summed E-state index contributed by atoms with van der Waals surface area (Å²) in [5.74, 6) is -1.02. The number of nitrogens with zero attached hydrogens (tertiary/aromatic N) is 2. The zero-order chi connectivity index (χ0) is 13.5. The second-order valence-electron chi connectivity index (χ2n) is 4.51. The van der Waals surface area contributed by atoms with E-state index in [1.165, 1.54) is 7.05 Å². The molecule has 0 radical (unpaired) electrons. The number of ether oxygens (including phenoxy) is 1. The van der Waals surface area contributed by atoms with Crippen LogP contribution in [0.2, 0.25) is 0 Å². The summed E-state index contributed by atoms with van der Waals surface area (Å²) in [5.41, 5.74) is 0. The first-order valence-corrected chi connectivity index (χ1v) is 6.02. The van der Waals surface area contributed by atoms with Crippen LogP contribution in [-0.2, 0) is 9.53 Å². The van der Waals surface area contributed by atoms with E-state index in [4.69, 9.17) is 9.84 Å². The maximum absolute atomic E-state index is 11.6. The van der Waals surface area contributed by atoms with Crippen molar-refractivity contribution in [2.75, 3.05) is 46.4 Å². The third kappa shape index (κ3) is 5.33. The first-order chi connectivity index (χ1) is 8.49. The van der Waals surface area contributed by atoms with E-state index >= 15 is 0 Å². The monoisotopic (exact) mass is 259 g/mol. The van der Waals surface area contributed by atoms with Gasteiger partial charge in [-0.15, -0.1) is 0 Å². The molecule has 1 atom stereocenters. The molecule has 0 aromatic carbocycles. The summed E-state index contributed by atoms with van der Waals surface area (Å²) in [4.78, 5) is 25.5. The first kappa shape index (κ1) is 14.7. The molecule has 1 rings (SSSR count). The fourth-order valence-electron chi connectivity index (χ4n) is 1.81. The number of rotatable bonds is 5. The number of carboxylic acids is 1. The topological polar surface area (TPSA) is 82.1 Å². The molecule has 0 spiro atoms. The number of amides is 2. The van der Waals surface area contributed by atoms with Gasteiger partial charge in [0.15, 0.2) is 0 Å². The highest BCUT2D eigenvalue weighted by Gasteiger charge is 2.17. The molecule has 2 N–H and O–H groups in total. The fourth-order valence-corrected chi connectivity index (χ4v) is 1.81. The third-order valence-corrected chi connectivity index (χ3v) is 2.72. The van der Waals surface area contributed by atoms with Crippen molar-refractivity contribution < 1.29 is 19.4 Å². The van der Waals surface area contributed by atoms with Gasteiger partial charge in [0.1, 0.15) is 6.54 Å². The molecule has 0 aliphatic carbocycles. The lowest BCUT2D eigenvalue weighted by Crippen LogP contribution is -2.49. The van der Waals surface area contributed by atoms with Gasteiger partial charge in [0.2, 0.25) is 0 Å². The Morgan fingerprint density at radius 2 is 2.06 bits per heavy atom. The molecular formula is C11H21N3O4. The molecule has 7 nitrogen and oxygen atoms in total. The van der Waals surface area contributed by atoms with Crippen LogP contribution in [0.5, 0.6) is 0 Å². The summed E-state index contributed by atoms with van der Waals surface area (Å²) in [6.07, 6.45) is 0. The number of morpholine rings is 1. The molecule has 1 unspecified atom stereocenters. The standard InChI is InChI=1S/C11H21N3O4/c1-9(7-14-3-5-18-6-4-14)12-11(17)13(2)8-10(15)16/h9H,3-8H2,1-2H3,(H,12,17)(H,15,16). The van der Waals surface area contributed by atoms with Crippen LogP contribution in [0, 0.1) is 0 Å². The van der Waals surface area contributed by atoms with E-state index in [2.05, 4.69) is 10.2 Å². The Bertz CT molecular complexity index is 292. The van der Waals surface area contributed by atoms with Crippen LogP contribution >= 0.6 is 0 Å². The highest BCUT2D eigenvalue weighted by atomic mass is 16.5. The molecule has 1 aliphatic rings. The summed E-state index contributed by atoms with van der Waals surface area (Å²) >= 11 is 0. The highest BCUT2D eigenvalue weighted by Crippen LogP contribution is 1.99. The molecule has 1 fully saturated rings. The average Bonchev–Trinajstić information content (AvgIpc) is 2.29. The second-order valence-corrected chi connectivity index (χ2v) is 4.51. The zero-order valence-electron chi connectivity index (χ0n) is 10.9. The minimum atomic E-state index is -1.02. The Morgan fingerprint density at radius 3 is 2.61 bits per heavy atom. The maximum Gasteiger partial charge on any atom is 0.323 e. The van der Waals surface area contributed by atoms with Gasteiger partial charge in [-0.2, -0.15) is 0 Å². The summed E-state index contributed by atoms with van der Waals surface area (Å²) in [5, 5.41) is 11.4. The van der Waals surface area contributed by atoms with Gasteiger partial charge in [-0.3, -0.25) is 9.69 Å². The van der Waals surface area contributed by atoms with E-state index in [9.17, 15) is 9.59 Å². The van der Waals surface area contributed by atoms with Crippen LogP contribution in [0.4, 0.5) is 4.79 Å². The largest absolute Gasteiger partial charge is 0.480 e. The van der Waals surface area contributed by atoms with Crippen molar-refractivity contribution in [1.29, 1.82) is 0 Å². The molecule has 104 valence electrons. The van der Waals surface area contributed by atoms with Crippen LogP contribution in [-0.4, -0.2) is 79.4 Å². The Hall–Kier alpha value is -1.34. The van der Waals surface area contributed by atoms with Crippen LogP contribution < -0.4 is 5.32 Å². The number of carboxylic acid groups (broad SMARTS) is 1. The van der Waals surface area contributed by atoms with Gasteiger partial charge in [-0.05, 0) is 6.92 Å². The van der Waals surface area contributed by atoms with Gasteiger partial charge in [-0.25, -0.2) is 4.79 Å². The van der Waals surface area contributed by atoms with Gasteiger partial charge in [0, 0.05) is 32.7 Å². The number of urea groups is 1. The van der Waals surface area contributed by atoms with Crippen molar-refractivity contribution in [3.63, 3.8) is 0 Å². The van der Waals surface area contributed by atoms with Gasteiger partial charge < -0.3 is 20.1 Å². The molecule has 1 saturated heterocycles. The second kappa shape index (κ2) is 7.17.